The average molecular weight is 1200 g/mol. The van der Waals surface area contributed by atoms with E-state index in [0.29, 0.717) is 0 Å². The summed E-state index contributed by atoms with van der Waals surface area (Å²) in [4.78, 5) is 74.5. The van der Waals surface area contributed by atoms with Crippen molar-refractivity contribution in [3.63, 3.8) is 0 Å². The molecule has 0 atom stereocenters. The minimum absolute atomic E-state index is 0.777. The summed E-state index contributed by atoms with van der Waals surface area (Å²) in [6.45, 7) is 13.5. The highest BCUT2D eigenvalue weighted by Crippen LogP contribution is 2.20. The van der Waals surface area contributed by atoms with Crippen molar-refractivity contribution in [1.29, 1.82) is 0 Å². The van der Waals surface area contributed by atoms with Crippen LogP contribution in [0.25, 0.3) is 78.5 Å². The van der Waals surface area contributed by atoms with E-state index in [2.05, 4.69) is 108 Å². The SMILES string of the molecule is Cc1ccc(-c2cccnc2)cn1.Cc1ccc(-c2cccnc2)nc1.Cc1ccc(-c2ccncc2)cn1.Cc1cnc(-c2ccccn2)cn1.Cc1cnc(-c2cccnc2)cn1.Cc1ncc(-c2ccccn2)cn1.Cc1ncc(-c2cccnc2)cn1. The summed E-state index contributed by atoms with van der Waals surface area (Å²) in [5.41, 5.74) is 19.0. The summed E-state index contributed by atoms with van der Waals surface area (Å²) in [5, 5.41) is 0. The Labute approximate surface area is 530 Å². The highest BCUT2D eigenvalue weighted by atomic mass is 14.9. The topological polar surface area (TPSA) is 232 Å². The fourth-order valence-corrected chi connectivity index (χ4v) is 7.74. The summed E-state index contributed by atoms with van der Waals surface area (Å²) in [6.07, 6.45) is 41.1. The first-order chi connectivity index (χ1) is 44.5. The van der Waals surface area contributed by atoms with E-state index < -0.39 is 0 Å². The Morgan fingerprint density at radius 2 is 0.582 bits per heavy atom. The molecule has 0 fully saturated rings. The molecule has 91 heavy (non-hydrogen) atoms. The summed E-state index contributed by atoms with van der Waals surface area (Å²) >= 11 is 0. The van der Waals surface area contributed by atoms with E-state index in [9.17, 15) is 0 Å². The second-order valence-corrected chi connectivity index (χ2v) is 19.9. The molecule has 0 bridgehead atoms. The maximum Gasteiger partial charge on any atom is 0.125 e. The van der Waals surface area contributed by atoms with Gasteiger partial charge in [-0.15, -0.1) is 0 Å². The number of rotatable bonds is 7. The van der Waals surface area contributed by atoms with Gasteiger partial charge in [-0.1, -0.05) is 42.5 Å². The van der Waals surface area contributed by atoms with Crippen LogP contribution in [0.2, 0.25) is 0 Å². The molecule has 14 aromatic rings. The molecule has 0 aliphatic heterocycles. The first-order valence-corrected chi connectivity index (χ1v) is 28.8. The molecule has 0 radical (unpaired) electrons. The van der Waals surface area contributed by atoms with E-state index in [1.165, 1.54) is 5.56 Å². The first kappa shape index (κ1) is 64.8. The molecule has 14 aromatic heterocycles. The van der Waals surface area contributed by atoms with Crippen LogP contribution in [0, 0.1) is 48.5 Å². The Bertz CT molecular complexity index is 3450. The van der Waals surface area contributed by atoms with Gasteiger partial charge in [0.25, 0.3) is 0 Å². The van der Waals surface area contributed by atoms with Gasteiger partial charge in [0.05, 0.1) is 46.6 Å². The van der Waals surface area contributed by atoms with E-state index in [4.69, 9.17) is 0 Å². The molecule has 0 spiro atoms. The van der Waals surface area contributed by atoms with E-state index in [-0.39, 0.29) is 0 Å². The lowest BCUT2D eigenvalue weighted by atomic mass is 10.1. The third-order valence-electron chi connectivity index (χ3n) is 12.7. The maximum absolute atomic E-state index is 4.31. The van der Waals surface area contributed by atoms with Crippen molar-refractivity contribution in [2.75, 3.05) is 0 Å². The molecule has 14 heterocycles. The summed E-state index contributed by atoms with van der Waals surface area (Å²) in [5.74, 6) is 1.56. The Hall–Kier alpha value is -12.2. The lowest BCUT2D eigenvalue weighted by Gasteiger charge is -1.99. The van der Waals surface area contributed by atoms with Crippen LogP contribution in [-0.2, 0) is 0 Å². The summed E-state index contributed by atoms with van der Waals surface area (Å²) in [6, 6.07) is 43.3. The van der Waals surface area contributed by atoms with Crippen LogP contribution in [0.4, 0.5) is 0 Å². The van der Waals surface area contributed by atoms with Crippen molar-refractivity contribution in [2.24, 2.45) is 0 Å². The van der Waals surface area contributed by atoms with E-state index in [1.807, 2.05) is 195 Å². The van der Waals surface area contributed by atoms with Gasteiger partial charge in [-0.05, 0) is 151 Å². The van der Waals surface area contributed by atoms with Crippen LogP contribution < -0.4 is 0 Å². The predicted octanol–water partition coefficient (Wildman–Crippen LogP) is 14.7. The van der Waals surface area contributed by atoms with Crippen LogP contribution in [-0.4, -0.2) is 89.7 Å². The third kappa shape index (κ3) is 22.2. The van der Waals surface area contributed by atoms with E-state index in [0.717, 1.165) is 113 Å². The Balaban J connectivity index is 0.000000137. The van der Waals surface area contributed by atoms with Gasteiger partial charge in [0.15, 0.2) is 0 Å². The van der Waals surface area contributed by atoms with Gasteiger partial charge in [0, 0.05) is 186 Å². The third-order valence-corrected chi connectivity index (χ3v) is 12.7. The van der Waals surface area contributed by atoms with Gasteiger partial charge in [-0.2, -0.15) is 0 Å². The molecule has 448 valence electrons. The lowest BCUT2D eigenvalue weighted by Crippen LogP contribution is -1.89. The number of nitrogens with zero attached hydrogens (tertiary/aromatic N) is 18. The molecule has 0 aromatic carbocycles. The standard InChI is InChI=1S/3C11H10N2.4C10H9N3/c1-9-2-3-11(8-13-9)10-4-6-12-7-5-10;1-9-4-5-11(8-13-9)10-3-2-6-12-7-10;1-9-4-5-11(13-7-9)10-3-2-6-12-8-10;1-8-12-6-10(7-13-8)9-3-2-4-11-5-9;1-8-5-13-10(7-12-8)9-3-2-4-11-6-9;1-8-12-6-9(7-13-8)10-4-2-3-5-11-10;1-8-6-13-10(7-12-8)9-4-2-3-5-11-9/h3*2-8H,1H3;4*2-7H,1H3. The quantitative estimate of drug-likeness (QED) is 0.144. The van der Waals surface area contributed by atoms with Crippen LogP contribution >= 0.6 is 0 Å². The van der Waals surface area contributed by atoms with Crippen molar-refractivity contribution in [2.45, 2.75) is 48.5 Å². The molecule has 0 aliphatic rings. The van der Waals surface area contributed by atoms with Crippen molar-refractivity contribution < 1.29 is 0 Å². The Morgan fingerprint density at radius 1 is 0.176 bits per heavy atom. The minimum Gasteiger partial charge on any atom is -0.265 e. The zero-order valence-electron chi connectivity index (χ0n) is 51.5. The van der Waals surface area contributed by atoms with E-state index >= 15 is 0 Å². The molecule has 0 N–H and O–H groups in total. The van der Waals surface area contributed by atoms with Gasteiger partial charge in [-0.25, -0.2) is 19.9 Å². The van der Waals surface area contributed by atoms with Crippen LogP contribution in [0.3, 0.4) is 0 Å². The number of hydrogen-bond donors (Lipinski definition) is 0. The van der Waals surface area contributed by atoms with Crippen molar-refractivity contribution >= 4 is 0 Å². The second kappa shape index (κ2) is 35.4. The van der Waals surface area contributed by atoms with Gasteiger partial charge < -0.3 is 0 Å². The number of hydrogen-bond acceptors (Lipinski definition) is 18. The molecular weight excluding hydrogens is 1130 g/mol. The fraction of sp³-hybridized carbons (Fsp3) is 0.0959. The van der Waals surface area contributed by atoms with E-state index in [1.54, 1.807) is 112 Å². The number of pyridine rings is 10. The Morgan fingerprint density at radius 3 is 1.01 bits per heavy atom. The van der Waals surface area contributed by atoms with Gasteiger partial charge in [0.2, 0.25) is 0 Å². The van der Waals surface area contributed by atoms with Crippen LogP contribution in [0.15, 0.2) is 276 Å². The normalized spacial score (nSPS) is 9.92. The first-order valence-electron chi connectivity index (χ1n) is 28.8. The molecule has 18 nitrogen and oxygen atoms in total. The van der Waals surface area contributed by atoms with Gasteiger partial charge in [0.1, 0.15) is 17.3 Å². The maximum atomic E-state index is 4.31. The summed E-state index contributed by atoms with van der Waals surface area (Å²) in [7, 11) is 0. The monoisotopic (exact) mass is 1190 g/mol. The lowest BCUT2D eigenvalue weighted by molar-refractivity contribution is 1.05. The fourth-order valence-electron chi connectivity index (χ4n) is 7.74. The van der Waals surface area contributed by atoms with Crippen LogP contribution in [0.1, 0.15) is 40.0 Å². The Kier molecular flexibility index (Phi) is 25.2. The van der Waals surface area contributed by atoms with Gasteiger partial charge >= 0.3 is 0 Å². The molecule has 14 rings (SSSR count). The smallest absolute Gasteiger partial charge is 0.125 e. The second-order valence-electron chi connectivity index (χ2n) is 19.9. The highest BCUT2D eigenvalue weighted by Gasteiger charge is 2.03. The minimum atomic E-state index is 0.777. The molecular formula is C73H66N18. The molecule has 0 saturated heterocycles. The number of aryl methyl sites for hydroxylation is 7. The predicted molar refractivity (Wildman–Crippen MR) is 357 cm³/mol. The van der Waals surface area contributed by atoms with Crippen molar-refractivity contribution in [1.82, 2.24) is 89.7 Å². The van der Waals surface area contributed by atoms with Crippen molar-refractivity contribution in [3.05, 3.63) is 316 Å². The molecule has 18 heteroatoms. The average Bonchev–Trinajstić information content (AvgIpc) is 3.81. The van der Waals surface area contributed by atoms with Gasteiger partial charge in [-0.3, -0.25) is 69.8 Å². The van der Waals surface area contributed by atoms with Crippen LogP contribution in [0.5, 0.6) is 0 Å². The molecule has 0 aliphatic carbocycles. The molecule has 0 saturated carbocycles. The molecule has 0 unspecified atom stereocenters. The highest BCUT2D eigenvalue weighted by molar-refractivity contribution is 5.63. The summed E-state index contributed by atoms with van der Waals surface area (Å²) < 4.78 is 0. The number of aromatic nitrogens is 18. The largest absolute Gasteiger partial charge is 0.265 e. The molecule has 0 amide bonds. The zero-order valence-corrected chi connectivity index (χ0v) is 51.5. The van der Waals surface area contributed by atoms with Crippen molar-refractivity contribution in [3.8, 4) is 78.5 Å². The zero-order chi connectivity index (χ0) is 63.7.